The van der Waals surface area contributed by atoms with Crippen LogP contribution in [0.25, 0.3) is 0 Å². The summed E-state index contributed by atoms with van der Waals surface area (Å²) in [5, 5.41) is 9.32. The Morgan fingerprint density at radius 2 is 2.31 bits per heavy atom. The third kappa shape index (κ3) is 2.69. The zero-order valence-electron chi connectivity index (χ0n) is 8.57. The van der Waals surface area contributed by atoms with Gasteiger partial charge in [-0.1, -0.05) is 12.1 Å². The van der Waals surface area contributed by atoms with Crippen LogP contribution in [0.4, 0.5) is 16.3 Å². The molecule has 84 valence electrons. The summed E-state index contributed by atoms with van der Waals surface area (Å²) in [6.07, 6.45) is 0.701. The number of hydrogen-bond donors (Lipinski definition) is 3. The Kier molecular flexibility index (Phi) is 3.00. The highest BCUT2D eigenvalue weighted by atomic mass is 19.1. The molecule has 0 atom stereocenters. The van der Waals surface area contributed by atoms with E-state index in [0.717, 1.165) is 5.56 Å². The fourth-order valence-electron chi connectivity index (χ4n) is 1.36. The largest absolute Gasteiger partial charge is 0.368 e. The van der Waals surface area contributed by atoms with Gasteiger partial charge >= 0.3 is 0 Å². The smallest absolute Gasteiger partial charge is 0.243 e. The molecule has 0 saturated heterocycles. The van der Waals surface area contributed by atoms with E-state index in [1.54, 1.807) is 6.07 Å². The molecule has 0 fully saturated rings. The predicted molar refractivity (Wildman–Crippen MR) is 59.4 cm³/mol. The summed E-state index contributed by atoms with van der Waals surface area (Å²) in [4.78, 5) is 3.89. The second-order valence-corrected chi connectivity index (χ2v) is 3.35. The Labute approximate surface area is 91.9 Å². The van der Waals surface area contributed by atoms with Crippen LogP contribution >= 0.6 is 0 Å². The number of nitrogen functional groups attached to an aromatic ring is 1. The van der Waals surface area contributed by atoms with Crippen LogP contribution in [-0.4, -0.2) is 21.7 Å². The molecule has 0 aliphatic carbocycles. The molecule has 1 heterocycles. The third-order valence-electron chi connectivity index (χ3n) is 2.09. The molecule has 2 rings (SSSR count). The molecule has 0 spiro atoms. The first-order chi connectivity index (χ1) is 7.74. The van der Waals surface area contributed by atoms with Gasteiger partial charge in [0.15, 0.2) is 0 Å². The van der Waals surface area contributed by atoms with Gasteiger partial charge in [-0.15, -0.1) is 5.10 Å². The minimum Gasteiger partial charge on any atom is -0.368 e. The zero-order valence-corrected chi connectivity index (χ0v) is 8.57. The van der Waals surface area contributed by atoms with Gasteiger partial charge in [-0.3, -0.25) is 0 Å². The van der Waals surface area contributed by atoms with Gasteiger partial charge in [0.05, 0.1) is 0 Å². The molecule has 0 amide bonds. The highest BCUT2D eigenvalue weighted by Gasteiger charge is 1.99. The topological polar surface area (TPSA) is 79.6 Å². The van der Waals surface area contributed by atoms with E-state index >= 15 is 0 Å². The van der Waals surface area contributed by atoms with Crippen molar-refractivity contribution in [2.45, 2.75) is 6.42 Å². The standard InChI is InChI=1S/C10H12FN5/c11-8-3-1-2-7(6-8)4-5-13-10-14-9(12)15-16-10/h1-3,6H,4-5H2,(H4,12,13,14,15,16). The molecule has 2 aromatic rings. The van der Waals surface area contributed by atoms with Gasteiger partial charge in [0.1, 0.15) is 5.82 Å². The van der Waals surface area contributed by atoms with Crippen molar-refractivity contribution in [1.29, 1.82) is 0 Å². The molecule has 5 nitrogen and oxygen atoms in total. The van der Waals surface area contributed by atoms with Gasteiger partial charge in [-0.05, 0) is 24.1 Å². The molecule has 6 heteroatoms. The van der Waals surface area contributed by atoms with Crippen molar-refractivity contribution in [3.05, 3.63) is 35.6 Å². The van der Waals surface area contributed by atoms with E-state index in [4.69, 9.17) is 5.73 Å². The van der Waals surface area contributed by atoms with Gasteiger partial charge in [-0.2, -0.15) is 4.98 Å². The van der Waals surface area contributed by atoms with E-state index in [9.17, 15) is 4.39 Å². The number of nitrogens with one attached hydrogen (secondary N) is 2. The number of aromatic amines is 1. The van der Waals surface area contributed by atoms with Crippen molar-refractivity contribution in [2.75, 3.05) is 17.6 Å². The van der Waals surface area contributed by atoms with E-state index in [-0.39, 0.29) is 11.8 Å². The maximum atomic E-state index is 12.9. The highest BCUT2D eigenvalue weighted by molar-refractivity contribution is 5.30. The lowest BCUT2D eigenvalue weighted by molar-refractivity contribution is 0.625. The van der Waals surface area contributed by atoms with Crippen LogP contribution in [0.2, 0.25) is 0 Å². The molecule has 0 radical (unpaired) electrons. The molecule has 0 aliphatic heterocycles. The Morgan fingerprint density at radius 1 is 1.44 bits per heavy atom. The molecule has 0 bridgehead atoms. The van der Waals surface area contributed by atoms with Crippen LogP contribution < -0.4 is 11.1 Å². The second kappa shape index (κ2) is 4.61. The molecule has 1 aromatic heterocycles. The molecule has 0 unspecified atom stereocenters. The minimum absolute atomic E-state index is 0.223. The van der Waals surface area contributed by atoms with E-state index < -0.39 is 0 Å². The Balaban J connectivity index is 1.84. The summed E-state index contributed by atoms with van der Waals surface area (Å²) in [6, 6.07) is 6.49. The second-order valence-electron chi connectivity index (χ2n) is 3.35. The third-order valence-corrected chi connectivity index (χ3v) is 2.09. The van der Waals surface area contributed by atoms with Crippen LogP contribution in [-0.2, 0) is 6.42 Å². The fourth-order valence-corrected chi connectivity index (χ4v) is 1.36. The maximum Gasteiger partial charge on any atom is 0.243 e. The summed E-state index contributed by atoms with van der Waals surface area (Å²) < 4.78 is 12.9. The summed E-state index contributed by atoms with van der Waals surface area (Å²) in [5.41, 5.74) is 6.29. The molecule has 4 N–H and O–H groups in total. The molecule has 0 aliphatic rings. The first kappa shape index (κ1) is 10.4. The number of hydrogen-bond acceptors (Lipinski definition) is 4. The van der Waals surface area contributed by atoms with Crippen LogP contribution in [0.3, 0.4) is 0 Å². The van der Waals surface area contributed by atoms with Gasteiger partial charge in [-0.25, -0.2) is 9.49 Å². The monoisotopic (exact) mass is 221 g/mol. The summed E-state index contributed by atoms with van der Waals surface area (Å²) in [7, 11) is 0. The Hall–Kier alpha value is -2.11. The fraction of sp³-hybridized carbons (Fsp3) is 0.200. The SMILES string of the molecule is Nc1nc(NCCc2cccc(F)c2)n[nH]1. The van der Waals surface area contributed by atoms with Crippen molar-refractivity contribution in [3.8, 4) is 0 Å². The van der Waals surface area contributed by atoms with Crippen LogP contribution in [0, 0.1) is 5.82 Å². The van der Waals surface area contributed by atoms with Gasteiger partial charge in [0.2, 0.25) is 11.9 Å². The number of nitrogens with two attached hydrogens (primary N) is 1. The van der Waals surface area contributed by atoms with E-state index in [1.807, 2.05) is 6.07 Å². The van der Waals surface area contributed by atoms with Gasteiger partial charge in [0.25, 0.3) is 0 Å². The Bertz CT molecular complexity index is 468. The lowest BCUT2D eigenvalue weighted by Crippen LogP contribution is -2.06. The van der Waals surface area contributed by atoms with Crippen LogP contribution in [0.1, 0.15) is 5.56 Å². The highest BCUT2D eigenvalue weighted by Crippen LogP contribution is 2.05. The summed E-state index contributed by atoms with van der Waals surface area (Å²) >= 11 is 0. The minimum atomic E-state index is -0.223. The molecule has 1 aromatic carbocycles. The number of halogens is 1. The van der Waals surface area contributed by atoms with Crippen molar-refractivity contribution >= 4 is 11.9 Å². The zero-order chi connectivity index (χ0) is 11.4. The lowest BCUT2D eigenvalue weighted by atomic mass is 10.1. The summed E-state index contributed by atoms with van der Waals surface area (Å²) in [6.45, 7) is 0.626. The number of H-pyrrole nitrogens is 1. The number of aromatic nitrogens is 3. The molecular formula is C10H12FN5. The number of nitrogens with zero attached hydrogens (tertiary/aromatic N) is 2. The lowest BCUT2D eigenvalue weighted by Gasteiger charge is -2.02. The van der Waals surface area contributed by atoms with E-state index in [1.165, 1.54) is 12.1 Å². The van der Waals surface area contributed by atoms with Crippen molar-refractivity contribution in [1.82, 2.24) is 15.2 Å². The van der Waals surface area contributed by atoms with E-state index in [2.05, 4.69) is 20.5 Å². The number of rotatable bonds is 4. The number of benzene rings is 1. The number of anilines is 2. The van der Waals surface area contributed by atoms with E-state index in [0.29, 0.717) is 18.9 Å². The normalized spacial score (nSPS) is 10.3. The average molecular weight is 221 g/mol. The van der Waals surface area contributed by atoms with Crippen LogP contribution in [0.5, 0.6) is 0 Å². The van der Waals surface area contributed by atoms with Gasteiger partial charge in [0, 0.05) is 6.54 Å². The van der Waals surface area contributed by atoms with Gasteiger partial charge < -0.3 is 11.1 Å². The van der Waals surface area contributed by atoms with Crippen molar-refractivity contribution < 1.29 is 4.39 Å². The van der Waals surface area contributed by atoms with Crippen LogP contribution in [0.15, 0.2) is 24.3 Å². The Morgan fingerprint density at radius 3 is 3.00 bits per heavy atom. The first-order valence-electron chi connectivity index (χ1n) is 4.90. The van der Waals surface area contributed by atoms with Crippen molar-refractivity contribution in [2.24, 2.45) is 0 Å². The molecule has 16 heavy (non-hydrogen) atoms. The quantitative estimate of drug-likeness (QED) is 0.724. The first-order valence-corrected chi connectivity index (χ1v) is 4.90. The van der Waals surface area contributed by atoms with Crippen molar-refractivity contribution in [3.63, 3.8) is 0 Å². The predicted octanol–water partition coefficient (Wildman–Crippen LogP) is 1.18. The average Bonchev–Trinajstić information content (AvgIpc) is 2.64. The maximum absolute atomic E-state index is 12.9. The molecule has 0 saturated carbocycles. The molecular weight excluding hydrogens is 209 g/mol. The summed E-state index contributed by atoms with van der Waals surface area (Å²) in [5.74, 6) is 0.502.